The van der Waals surface area contributed by atoms with Gasteiger partial charge in [0.05, 0.1) is 0 Å². The van der Waals surface area contributed by atoms with E-state index in [-0.39, 0.29) is 11.5 Å². The first kappa shape index (κ1) is 9.21. The van der Waals surface area contributed by atoms with E-state index >= 15 is 0 Å². The van der Waals surface area contributed by atoms with Crippen LogP contribution >= 0.6 is 11.3 Å². The molecule has 1 aromatic heterocycles. The molecule has 14 heavy (non-hydrogen) atoms. The maximum Gasteiger partial charge on any atom is 0.176 e. The number of carbonyl (C=O) groups is 1. The van der Waals surface area contributed by atoms with Crippen LogP contribution in [-0.4, -0.2) is 10.9 Å². The van der Waals surface area contributed by atoms with Crippen LogP contribution in [0, 0.1) is 0 Å². The van der Waals surface area contributed by atoms with Crippen molar-refractivity contribution < 1.29 is 9.90 Å². The smallest absolute Gasteiger partial charge is 0.176 e. The van der Waals surface area contributed by atoms with Crippen LogP contribution < -0.4 is 0 Å². The maximum atomic E-state index is 11.5. The minimum Gasteiger partial charge on any atom is -0.506 e. The Kier molecular flexibility index (Phi) is 2.25. The summed E-state index contributed by atoms with van der Waals surface area (Å²) in [7, 11) is 0. The molecule has 0 aliphatic heterocycles. The zero-order valence-corrected chi connectivity index (χ0v) is 8.60. The molecule has 2 rings (SSSR count). The molecule has 2 nitrogen and oxygen atoms in total. The molecule has 0 aliphatic rings. The summed E-state index contributed by atoms with van der Waals surface area (Å²) in [5, 5.41) is 10.6. The number of hydrogen-bond donors (Lipinski definition) is 1. The summed E-state index contributed by atoms with van der Waals surface area (Å²) in [4.78, 5) is 11.9. The highest BCUT2D eigenvalue weighted by molar-refractivity contribution is 7.21. The average molecular weight is 206 g/mol. The molecule has 0 amide bonds. The quantitative estimate of drug-likeness (QED) is 0.766. The number of hydrogen-bond acceptors (Lipinski definition) is 3. The van der Waals surface area contributed by atoms with E-state index < -0.39 is 0 Å². The minimum absolute atomic E-state index is 0.00343. The van der Waals surface area contributed by atoms with Gasteiger partial charge in [-0.2, -0.15) is 0 Å². The lowest BCUT2D eigenvalue weighted by Crippen LogP contribution is -1.91. The molecule has 0 saturated carbocycles. The molecule has 1 heterocycles. The molecule has 0 spiro atoms. The van der Waals surface area contributed by atoms with E-state index in [1.165, 1.54) is 11.3 Å². The molecule has 0 aliphatic carbocycles. The number of carbonyl (C=O) groups excluding carboxylic acids is 1. The van der Waals surface area contributed by atoms with Crippen LogP contribution in [0.15, 0.2) is 24.3 Å². The summed E-state index contributed by atoms with van der Waals surface area (Å²) in [5.74, 6) is 0.140. The second kappa shape index (κ2) is 3.42. The van der Waals surface area contributed by atoms with Crippen molar-refractivity contribution in [3.63, 3.8) is 0 Å². The summed E-state index contributed by atoms with van der Waals surface area (Å²) in [6.07, 6.45) is 0.431. The van der Waals surface area contributed by atoms with Gasteiger partial charge < -0.3 is 5.11 Å². The van der Waals surface area contributed by atoms with E-state index in [1.807, 2.05) is 24.3 Å². The Morgan fingerprint density at radius 3 is 2.79 bits per heavy atom. The molecule has 1 N–H and O–H groups in total. The van der Waals surface area contributed by atoms with E-state index in [0.717, 1.165) is 10.1 Å². The lowest BCUT2D eigenvalue weighted by molar-refractivity contribution is 0.0990. The van der Waals surface area contributed by atoms with Crippen LogP contribution in [0.25, 0.3) is 10.1 Å². The molecule has 0 bridgehead atoms. The molecule has 0 fully saturated rings. The normalized spacial score (nSPS) is 10.6. The summed E-state index contributed by atoms with van der Waals surface area (Å²) in [6, 6.07) is 7.49. The fraction of sp³-hybridized carbons (Fsp3) is 0.182. The van der Waals surface area contributed by atoms with E-state index in [0.29, 0.717) is 11.3 Å². The third-order valence-electron chi connectivity index (χ3n) is 2.14. The molecular weight excluding hydrogens is 196 g/mol. The van der Waals surface area contributed by atoms with Crippen LogP contribution in [0.5, 0.6) is 5.75 Å². The Labute approximate surface area is 85.8 Å². The number of ketones is 1. The highest BCUT2D eigenvalue weighted by Crippen LogP contribution is 2.37. The molecule has 3 heteroatoms. The number of Topliss-reactive ketones (excluding diaryl/α,β-unsaturated/α-hetero) is 1. The summed E-state index contributed by atoms with van der Waals surface area (Å²) in [5.41, 5.74) is 0. The molecule has 0 radical (unpaired) electrons. The third kappa shape index (κ3) is 1.30. The first-order valence-corrected chi connectivity index (χ1v) is 5.29. The number of aromatic hydroxyl groups is 1. The van der Waals surface area contributed by atoms with Crippen molar-refractivity contribution in [2.75, 3.05) is 0 Å². The predicted octanol–water partition coefficient (Wildman–Crippen LogP) is 3.20. The van der Waals surface area contributed by atoms with Gasteiger partial charge in [0.25, 0.3) is 0 Å². The maximum absolute atomic E-state index is 11.5. The van der Waals surface area contributed by atoms with Gasteiger partial charge in [-0.25, -0.2) is 0 Å². The van der Waals surface area contributed by atoms with E-state index in [4.69, 9.17) is 0 Å². The molecule has 0 saturated heterocycles. The number of thiophene rings is 1. The topological polar surface area (TPSA) is 37.3 Å². The van der Waals surface area contributed by atoms with Gasteiger partial charge in [-0.05, 0) is 12.1 Å². The van der Waals surface area contributed by atoms with E-state index in [1.54, 1.807) is 6.92 Å². The highest BCUT2D eigenvalue weighted by atomic mass is 32.1. The zero-order valence-electron chi connectivity index (χ0n) is 7.78. The van der Waals surface area contributed by atoms with Gasteiger partial charge in [-0.1, -0.05) is 19.1 Å². The van der Waals surface area contributed by atoms with Crippen molar-refractivity contribution in [1.82, 2.24) is 0 Å². The Morgan fingerprint density at radius 1 is 1.43 bits per heavy atom. The molecule has 0 atom stereocenters. The second-order valence-corrected chi connectivity index (χ2v) is 4.10. The summed E-state index contributed by atoms with van der Waals surface area (Å²) in [6.45, 7) is 1.80. The van der Waals surface area contributed by atoms with Crippen molar-refractivity contribution in [2.24, 2.45) is 0 Å². The van der Waals surface area contributed by atoms with E-state index in [9.17, 15) is 9.90 Å². The van der Waals surface area contributed by atoms with Gasteiger partial charge >= 0.3 is 0 Å². The molecule has 72 valence electrons. The number of rotatable bonds is 2. The Hall–Kier alpha value is -1.35. The second-order valence-electron chi connectivity index (χ2n) is 3.05. The molecular formula is C11H10O2S. The van der Waals surface area contributed by atoms with Gasteiger partial charge in [-0.3, -0.25) is 4.79 Å². The van der Waals surface area contributed by atoms with Gasteiger partial charge in [0, 0.05) is 16.5 Å². The van der Waals surface area contributed by atoms with Crippen LogP contribution in [0.4, 0.5) is 0 Å². The van der Waals surface area contributed by atoms with Crippen molar-refractivity contribution in [3.05, 3.63) is 29.1 Å². The Morgan fingerprint density at radius 2 is 2.14 bits per heavy atom. The van der Waals surface area contributed by atoms with Gasteiger partial charge in [0.2, 0.25) is 0 Å². The molecule has 2 aromatic rings. The van der Waals surface area contributed by atoms with Crippen LogP contribution in [0.3, 0.4) is 0 Å². The highest BCUT2D eigenvalue weighted by Gasteiger charge is 2.15. The Balaban J connectivity index is 2.68. The molecule has 0 unspecified atom stereocenters. The van der Waals surface area contributed by atoms with Crippen LogP contribution in [0.1, 0.15) is 23.0 Å². The van der Waals surface area contributed by atoms with Crippen LogP contribution in [-0.2, 0) is 0 Å². The summed E-state index contributed by atoms with van der Waals surface area (Å²) >= 11 is 1.36. The third-order valence-corrected chi connectivity index (χ3v) is 3.34. The fourth-order valence-electron chi connectivity index (χ4n) is 1.38. The lowest BCUT2D eigenvalue weighted by atomic mass is 10.2. The van der Waals surface area contributed by atoms with Crippen molar-refractivity contribution in [2.45, 2.75) is 13.3 Å². The van der Waals surface area contributed by atoms with Gasteiger partial charge in [0.1, 0.15) is 10.6 Å². The first-order valence-electron chi connectivity index (χ1n) is 4.47. The van der Waals surface area contributed by atoms with Crippen molar-refractivity contribution in [3.8, 4) is 5.75 Å². The van der Waals surface area contributed by atoms with Gasteiger partial charge in [0.15, 0.2) is 5.78 Å². The fourth-order valence-corrected chi connectivity index (χ4v) is 2.49. The largest absolute Gasteiger partial charge is 0.506 e. The lowest BCUT2D eigenvalue weighted by Gasteiger charge is -1.92. The first-order chi connectivity index (χ1) is 6.74. The zero-order chi connectivity index (χ0) is 10.1. The van der Waals surface area contributed by atoms with Crippen molar-refractivity contribution in [1.29, 1.82) is 0 Å². The van der Waals surface area contributed by atoms with Crippen molar-refractivity contribution >= 4 is 27.2 Å². The molecule has 1 aromatic carbocycles. The van der Waals surface area contributed by atoms with E-state index in [2.05, 4.69) is 0 Å². The Bertz CT molecular complexity index is 485. The number of fused-ring (bicyclic) bond motifs is 1. The minimum atomic E-state index is 0.00343. The SMILES string of the molecule is CCC(=O)c1sc2ccccc2c1O. The predicted molar refractivity (Wildman–Crippen MR) is 58.1 cm³/mol. The monoisotopic (exact) mass is 206 g/mol. The van der Waals surface area contributed by atoms with Crippen LogP contribution in [0.2, 0.25) is 0 Å². The van der Waals surface area contributed by atoms with Gasteiger partial charge in [-0.15, -0.1) is 11.3 Å². The standard InChI is InChI=1S/C11H10O2S/c1-2-8(12)11-10(13)7-5-3-4-6-9(7)14-11/h3-6,13H,2H2,1H3. The number of benzene rings is 1. The average Bonchev–Trinajstić information content (AvgIpc) is 2.56. The summed E-state index contributed by atoms with van der Waals surface area (Å²) < 4.78 is 0.960.